The fourth-order valence-electron chi connectivity index (χ4n) is 2.09. The monoisotopic (exact) mass is 334 g/mol. The van der Waals surface area contributed by atoms with Crippen LogP contribution in [-0.4, -0.2) is 30.6 Å². The Bertz CT molecular complexity index is 668. The lowest BCUT2D eigenvalue weighted by atomic mass is 10.2. The quantitative estimate of drug-likeness (QED) is 0.844. The number of carbonyl (C=O) groups excluding carboxylic acids is 1. The number of benzene rings is 1. The minimum Gasteiger partial charge on any atom is -0.493 e. The maximum Gasteiger partial charge on any atom is 0.251 e. The average Bonchev–Trinajstić information content (AvgIpc) is 2.92. The van der Waals surface area contributed by atoms with Gasteiger partial charge in [0.25, 0.3) is 5.91 Å². The second-order valence-corrected chi connectivity index (χ2v) is 6.46. The van der Waals surface area contributed by atoms with Crippen LogP contribution in [-0.2, 0) is 6.42 Å². The summed E-state index contributed by atoms with van der Waals surface area (Å²) in [7, 11) is 1.56. The number of amides is 1. The number of aryl methyl sites for hydroxylation is 1. The molecule has 1 N–H and O–H groups in total. The van der Waals surface area contributed by atoms with Gasteiger partial charge >= 0.3 is 0 Å². The molecule has 2 aromatic rings. The molecule has 0 unspecified atom stereocenters. The summed E-state index contributed by atoms with van der Waals surface area (Å²) in [6.45, 7) is 6.41. The van der Waals surface area contributed by atoms with E-state index in [-0.39, 0.29) is 12.0 Å². The summed E-state index contributed by atoms with van der Waals surface area (Å²) in [5.74, 6) is 1.06. The molecule has 0 saturated heterocycles. The molecule has 1 amide bonds. The number of ether oxygens (including phenoxy) is 2. The van der Waals surface area contributed by atoms with Crippen molar-refractivity contribution in [2.75, 3.05) is 13.7 Å². The fourth-order valence-corrected chi connectivity index (χ4v) is 2.74. The highest BCUT2D eigenvalue weighted by Gasteiger charge is 2.12. The first-order valence-electron chi connectivity index (χ1n) is 7.53. The summed E-state index contributed by atoms with van der Waals surface area (Å²) >= 11 is 1.62. The molecule has 0 atom stereocenters. The molecule has 0 spiro atoms. The number of thiazole rings is 1. The molecule has 0 fully saturated rings. The van der Waals surface area contributed by atoms with E-state index in [4.69, 9.17) is 9.47 Å². The number of hydrogen-bond acceptors (Lipinski definition) is 5. The van der Waals surface area contributed by atoms with Crippen LogP contribution in [0.5, 0.6) is 11.5 Å². The highest BCUT2D eigenvalue weighted by molar-refractivity contribution is 7.09. The van der Waals surface area contributed by atoms with Crippen molar-refractivity contribution in [1.82, 2.24) is 10.3 Å². The van der Waals surface area contributed by atoms with Crippen molar-refractivity contribution in [1.29, 1.82) is 0 Å². The number of methoxy groups -OCH3 is 1. The van der Waals surface area contributed by atoms with Crippen LogP contribution in [0.25, 0.3) is 0 Å². The van der Waals surface area contributed by atoms with E-state index >= 15 is 0 Å². The number of rotatable bonds is 7. The summed E-state index contributed by atoms with van der Waals surface area (Å²) < 4.78 is 10.9. The van der Waals surface area contributed by atoms with Gasteiger partial charge in [0, 0.05) is 23.9 Å². The average molecular weight is 334 g/mol. The van der Waals surface area contributed by atoms with Gasteiger partial charge in [-0.2, -0.15) is 0 Å². The molecular weight excluding hydrogens is 312 g/mol. The number of carbonyl (C=O) groups is 1. The Balaban J connectivity index is 1.96. The smallest absolute Gasteiger partial charge is 0.251 e. The summed E-state index contributed by atoms with van der Waals surface area (Å²) in [6, 6.07) is 5.19. The van der Waals surface area contributed by atoms with Crippen molar-refractivity contribution in [3.05, 3.63) is 39.8 Å². The summed E-state index contributed by atoms with van der Waals surface area (Å²) in [5.41, 5.74) is 1.55. The first-order valence-corrected chi connectivity index (χ1v) is 8.41. The standard InChI is InChI=1S/C17H22N2O3S/c1-11(2)22-15-6-5-13(9-16(15)21-4)17(20)18-8-7-14-10-23-12(3)19-14/h5-6,9-11H,7-8H2,1-4H3,(H,18,20). The van der Waals surface area contributed by atoms with Gasteiger partial charge in [-0.3, -0.25) is 4.79 Å². The van der Waals surface area contributed by atoms with Gasteiger partial charge < -0.3 is 14.8 Å². The predicted octanol–water partition coefficient (Wildman–Crippen LogP) is 3.22. The summed E-state index contributed by atoms with van der Waals surface area (Å²) in [6.07, 6.45) is 0.770. The van der Waals surface area contributed by atoms with Gasteiger partial charge in [0.2, 0.25) is 0 Å². The zero-order valence-electron chi connectivity index (χ0n) is 13.9. The highest BCUT2D eigenvalue weighted by Crippen LogP contribution is 2.28. The summed E-state index contributed by atoms with van der Waals surface area (Å²) in [4.78, 5) is 16.6. The maximum absolute atomic E-state index is 12.2. The van der Waals surface area contributed by atoms with Gasteiger partial charge in [-0.1, -0.05) is 0 Å². The van der Waals surface area contributed by atoms with E-state index in [9.17, 15) is 4.79 Å². The van der Waals surface area contributed by atoms with E-state index < -0.39 is 0 Å². The van der Waals surface area contributed by atoms with Crippen LogP contribution in [0, 0.1) is 6.92 Å². The Labute approximate surface area is 140 Å². The number of nitrogens with zero attached hydrogens (tertiary/aromatic N) is 1. The molecule has 2 rings (SSSR count). The third-order valence-electron chi connectivity index (χ3n) is 3.12. The van der Waals surface area contributed by atoms with Crippen molar-refractivity contribution < 1.29 is 14.3 Å². The third kappa shape index (κ3) is 4.96. The Morgan fingerprint density at radius 1 is 1.35 bits per heavy atom. The van der Waals surface area contributed by atoms with E-state index in [1.165, 1.54) is 0 Å². The van der Waals surface area contributed by atoms with Crippen molar-refractivity contribution in [2.45, 2.75) is 33.3 Å². The van der Waals surface area contributed by atoms with E-state index in [1.807, 2.05) is 26.2 Å². The Kier molecular flexibility index (Phi) is 5.98. The van der Waals surface area contributed by atoms with E-state index in [1.54, 1.807) is 36.6 Å². The van der Waals surface area contributed by atoms with Crippen LogP contribution in [0.1, 0.15) is 34.9 Å². The second kappa shape index (κ2) is 7.97. The first kappa shape index (κ1) is 17.3. The van der Waals surface area contributed by atoms with Crippen LogP contribution in [0.15, 0.2) is 23.6 Å². The SMILES string of the molecule is COc1cc(C(=O)NCCc2csc(C)n2)ccc1OC(C)C. The van der Waals surface area contributed by atoms with Gasteiger partial charge in [0.15, 0.2) is 11.5 Å². The van der Waals surface area contributed by atoms with Crippen LogP contribution < -0.4 is 14.8 Å². The number of hydrogen-bond donors (Lipinski definition) is 1. The molecule has 5 nitrogen and oxygen atoms in total. The topological polar surface area (TPSA) is 60.5 Å². The van der Waals surface area contributed by atoms with Crippen LogP contribution in [0.4, 0.5) is 0 Å². The largest absolute Gasteiger partial charge is 0.493 e. The van der Waals surface area contributed by atoms with Crippen LogP contribution >= 0.6 is 11.3 Å². The van der Waals surface area contributed by atoms with Crippen molar-refractivity contribution in [2.24, 2.45) is 0 Å². The highest BCUT2D eigenvalue weighted by atomic mass is 32.1. The van der Waals surface area contributed by atoms with Gasteiger partial charge in [-0.05, 0) is 39.0 Å². The van der Waals surface area contributed by atoms with Gasteiger partial charge in [-0.15, -0.1) is 11.3 Å². The van der Waals surface area contributed by atoms with Crippen LogP contribution in [0.3, 0.4) is 0 Å². The first-order chi connectivity index (χ1) is 11.0. The Morgan fingerprint density at radius 3 is 2.74 bits per heavy atom. The van der Waals surface area contributed by atoms with E-state index in [0.29, 0.717) is 23.6 Å². The molecule has 0 aliphatic carbocycles. The third-order valence-corrected chi connectivity index (χ3v) is 3.94. The van der Waals surface area contributed by atoms with E-state index in [2.05, 4.69) is 10.3 Å². The molecule has 23 heavy (non-hydrogen) atoms. The molecule has 0 aliphatic heterocycles. The Hall–Kier alpha value is -2.08. The molecule has 1 aromatic heterocycles. The molecule has 0 saturated carbocycles. The lowest BCUT2D eigenvalue weighted by Gasteiger charge is -2.14. The second-order valence-electron chi connectivity index (χ2n) is 5.40. The molecule has 0 aliphatic rings. The van der Waals surface area contributed by atoms with Crippen molar-refractivity contribution in [3.8, 4) is 11.5 Å². The normalized spacial score (nSPS) is 10.7. The minimum absolute atomic E-state index is 0.0464. The molecule has 1 heterocycles. The molecule has 0 bridgehead atoms. The minimum atomic E-state index is -0.133. The Morgan fingerprint density at radius 2 is 2.13 bits per heavy atom. The lowest BCUT2D eigenvalue weighted by Crippen LogP contribution is -2.25. The molecule has 6 heteroatoms. The molecular formula is C17H22N2O3S. The summed E-state index contributed by atoms with van der Waals surface area (Å²) in [5, 5.41) is 5.95. The maximum atomic E-state index is 12.2. The molecule has 0 radical (unpaired) electrons. The van der Waals surface area contributed by atoms with Gasteiger partial charge in [0.05, 0.1) is 23.9 Å². The molecule has 1 aromatic carbocycles. The van der Waals surface area contributed by atoms with Crippen molar-refractivity contribution >= 4 is 17.2 Å². The number of nitrogens with one attached hydrogen (secondary N) is 1. The zero-order chi connectivity index (χ0) is 16.8. The number of aromatic nitrogens is 1. The molecule has 124 valence electrons. The lowest BCUT2D eigenvalue weighted by molar-refractivity contribution is 0.0953. The van der Waals surface area contributed by atoms with Crippen LogP contribution in [0.2, 0.25) is 0 Å². The van der Waals surface area contributed by atoms with Gasteiger partial charge in [-0.25, -0.2) is 4.98 Å². The van der Waals surface area contributed by atoms with E-state index in [0.717, 1.165) is 17.1 Å². The fraction of sp³-hybridized carbons (Fsp3) is 0.412. The predicted molar refractivity (Wildman–Crippen MR) is 91.6 cm³/mol. The zero-order valence-corrected chi connectivity index (χ0v) is 14.7. The van der Waals surface area contributed by atoms with Gasteiger partial charge in [0.1, 0.15) is 0 Å². The van der Waals surface area contributed by atoms with Crippen molar-refractivity contribution in [3.63, 3.8) is 0 Å².